The van der Waals surface area contributed by atoms with Crippen molar-refractivity contribution in [1.82, 2.24) is 0 Å². The van der Waals surface area contributed by atoms with E-state index in [1.54, 1.807) is 43.3 Å². The number of rotatable bonds is 5. The van der Waals surface area contributed by atoms with Crippen LogP contribution in [0.15, 0.2) is 71.6 Å². The van der Waals surface area contributed by atoms with Crippen molar-refractivity contribution in [3.8, 4) is 11.5 Å². The van der Waals surface area contributed by atoms with Crippen molar-refractivity contribution >= 4 is 23.0 Å². The van der Waals surface area contributed by atoms with Crippen LogP contribution >= 0.6 is 0 Å². The Kier molecular flexibility index (Phi) is 6.35. The van der Waals surface area contributed by atoms with Crippen molar-refractivity contribution in [2.45, 2.75) is 18.0 Å². The molecule has 9 heteroatoms. The largest absolute Gasteiger partial charge is 0.593 e. The van der Waals surface area contributed by atoms with E-state index in [1.807, 2.05) is 0 Å². The van der Waals surface area contributed by atoms with Crippen molar-refractivity contribution in [3.05, 3.63) is 83.4 Å². The fraction of sp³-hybridized carbons (Fsp3) is 0.0952. The maximum atomic E-state index is 13.2. The summed E-state index contributed by atoms with van der Waals surface area (Å²) < 4.78 is 56.7. The third-order valence-electron chi connectivity index (χ3n) is 4.19. The molecule has 5 nitrogen and oxygen atoms in total. The van der Waals surface area contributed by atoms with Crippen LogP contribution in [0, 0.1) is 6.92 Å². The second-order valence-electron chi connectivity index (χ2n) is 6.36. The normalized spacial score (nSPS) is 12.3. The lowest BCUT2D eigenvalue weighted by Crippen LogP contribution is -2.16. The summed E-state index contributed by atoms with van der Waals surface area (Å²) in [4.78, 5) is 13.1. The first-order valence-corrected chi connectivity index (χ1v) is 9.89. The van der Waals surface area contributed by atoms with Gasteiger partial charge in [-0.25, -0.2) is 0 Å². The number of hydrogen-bond donors (Lipinski definition) is 2. The number of nitrogens with one attached hydrogen (secondary N) is 1. The number of aryl methyl sites for hydroxylation is 1. The van der Waals surface area contributed by atoms with E-state index in [2.05, 4.69) is 5.32 Å². The molecule has 156 valence electrons. The predicted octanol–water partition coefficient (Wildman–Crippen LogP) is 5.04. The van der Waals surface area contributed by atoms with Gasteiger partial charge in [0.05, 0.1) is 22.5 Å². The molecule has 0 aliphatic rings. The summed E-state index contributed by atoms with van der Waals surface area (Å²) in [5.41, 5.74) is -0.0499. The van der Waals surface area contributed by atoms with Crippen LogP contribution in [0.5, 0.6) is 11.5 Å². The number of hydrogen-bond acceptors (Lipinski definition) is 4. The summed E-state index contributed by atoms with van der Waals surface area (Å²) in [5.74, 6) is -0.603. The molecular weight excluding hydrogens is 417 g/mol. The van der Waals surface area contributed by atoms with Gasteiger partial charge in [0.15, 0.2) is 4.90 Å². The molecule has 3 aromatic carbocycles. The van der Waals surface area contributed by atoms with Crippen LogP contribution in [0.3, 0.4) is 0 Å². The number of anilines is 1. The van der Waals surface area contributed by atoms with Gasteiger partial charge < -0.3 is 14.6 Å². The molecule has 1 atom stereocenters. The minimum absolute atomic E-state index is 0.0921. The van der Waals surface area contributed by atoms with Crippen molar-refractivity contribution in [3.63, 3.8) is 0 Å². The number of carbonyl (C=O) groups excluding carboxylic acids is 1. The third kappa shape index (κ3) is 5.12. The topological polar surface area (TPSA) is 87.4 Å². The summed E-state index contributed by atoms with van der Waals surface area (Å²) >= 11 is -1.75. The molecular formula is C21H17F3N2O3S. The summed E-state index contributed by atoms with van der Waals surface area (Å²) in [5, 5.41) is 7.90. The van der Waals surface area contributed by atoms with Crippen LogP contribution < -0.4 is 15.2 Å². The van der Waals surface area contributed by atoms with Gasteiger partial charge in [0.25, 0.3) is 5.91 Å². The highest BCUT2D eigenvalue weighted by molar-refractivity contribution is 7.89. The molecule has 0 fully saturated rings. The van der Waals surface area contributed by atoms with Gasteiger partial charge in [0, 0.05) is 11.8 Å². The van der Waals surface area contributed by atoms with E-state index in [1.165, 1.54) is 12.1 Å². The number of nitrogens with two attached hydrogens (primary N) is 1. The lowest BCUT2D eigenvalue weighted by atomic mass is 10.1. The van der Waals surface area contributed by atoms with Crippen LogP contribution in [0.2, 0.25) is 0 Å². The molecule has 3 aromatic rings. The highest BCUT2D eigenvalue weighted by Gasteiger charge is 2.32. The second kappa shape index (κ2) is 8.78. The smallest absolute Gasteiger partial charge is 0.416 e. The standard InChI is InChI=1S/C21H17F3N2O3S/c1-13-5-2-3-8-18(13)29-19-11-14(21(22,23)24)9-10-17(19)20(27)26-15-6-4-7-16(12-15)30(25)28/h2-12H,25H2,1H3,(H,26,27). The molecule has 0 heterocycles. The van der Waals surface area contributed by atoms with Crippen molar-refractivity contribution in [2.24, 2.45) is 5.14 Å². The fourth-order valence-corrected chi connectivity index (χ4v) is 3.11. The average Bonchev–Trinajstić information content (AvgIpc) is 2.69. The van der Waals surface area contributed by atoms with E-state index >= 15 is 0 Å². The quantitative estimate of drug-likeness (QED) is 0.551. The molecule has 0 bridgehead atoms. The van der Waals surface area contributed by atoms with Gasteiger partial charge in [-0.05, 0) is 48.9 Å². The molecule has 1 amide bonds. The van der Waals surface area contributed by atoms with Gasteiger partial charge in [-0.2, -0.15) is 13.2 Å². The minimum atomic E-state index is -4.60. The molecule has 0 aromatic heterocycles. The third-order valence-corrected chi connectivity index (χ3v) is 4.91. The summed E-state index contributed by atoms with van der Waals surface area (Å²) in [6.07, 6.45) is -4.60. The lowest BCUT2D eigenvalue weighted by Gasteiger charge is -2.16. The molecule has 0 saturated heterocycles. The highest BCUT2D eigenvalue weighted by Crippen LogP contribution is 2.36. The summed E-state index contributed by atoms with van der Waals surface area (Å²) in [6, 6.07) is 15.4. The Labute approximate surface area is 174 Å². The van der Waals surface area contributed by atoms with E-state index in [0.717, 1.165) is 18.2 Å². The van der Waals surface area contributed by atoms with E-state index in [4.69, 9.17) is 9.88 Å². The SMILES string of the molecule is Cc1ccccc1Oc1cc(C(F)(F)F)ccc1C(=O)Nc1cccc([S+](N)[O-])c1. The Bertz CT molecular complexity index is 1070. The molecule has 1 unspecified atom stereocenters. The average molecular weight is 434 g/mol. The number of para-hydroxylation sites is 1. The Balaban J connectivity index is 1.97. The Morgan fingerprint density at radius 3 is 2.43 bits per heavy atom. The molecule has 0 aliphatic heterocycles. The Morgan fingerprint density at radius 1 is 1.03 bits per heavy atom. The maximum absolute atomic E-state index is 13.2. The van der Waals surface area contributed by atoms with Gasteiger partial charge >= 0.3 is 6.18 Å². The zero-order chi connectivity index (χ0) is 21.9. The van der Waals surface area contributed by atoms with E-state index in [-0.39, 0.29) is 21.9 Å². The van der Waals surface area contributed by atoms with E-state index < -0.39 is 29.0 Å². The molecule has 0 aliphatic carbocycles. The molecule has 3 N–H and O–H groups in total. The number of halogens is 3. The Morgan fingerprint density at radius 2 is 1.77 bits per heavy atom. The van der Waals surface area contributed by atoms with Crippen LogP contribution in [-0.2, 0) is 17.5 Å². The first-order chi connectivity index (χ1) is 14.1. The number of amides is 1. The van der Waals surface area contributed by atoms with Gasteiger partial charge in [0.1, 0.15) is 11.5 Å². The molecule has 0 saturated carbocycles. The van der Waals surface area contributed by atoms with Gasteiger partial charge in [-0.1, -0.05) is 24.3 Å². The van der Waals surface area contributed by atoms with Gasteiger partial charge in [0.2, 0.25) is 0 Å². The predicted molar refractivity (Wildman–Crippen MR) is 108 cm³/mol. The van der Waals surface area contributed by atoms with Gasteiger partial charge in [-0.3, -0.25) is 4.79 Å². The van der Waals surface area contributed by atoms with Crippen LogP contribution in [-0.4, -0.2) is 10.5 Å². The number of alkyl halides is 3. The molecule has 0 radical (unpaired) electrons. The van der Waals surface area contributed by atoms with Crippen molar-refractivity contribution < 1.29 is 27.3 Å². The highest BCUT2D eigenvalue weighted by atomic mass is 32.2. The van der Waals surface area contributed by atoms with Gasteiger partial charge in [-0.15, -0.1) is 5.14 Å². The van der Waals surface area contributed by atoms with Crippen LogP contribution in [0.1, 0.15) is 21.5 Å². The van der Waals surface area contributed by atoms with Crippen LogP contribution in [0.25, 0.3) is 0 Å². The maximum Gasteiger partial charge on any atom is 0.416 e. The molecule has 30 heavy (non-hydrogen) atoms. The summed E-state index contributed by atoms with van der Waals surface area (Å²) in [6.45, 7) is 1.74. The second-order valence-corrected chi connectivity index (χ2v) is 7.42. The lowest BCUT2D eigenvalue weighted by molar-refractivity contribution is -0.137. The molecule has 3 rings (SSSR count). The monoisotopic (exact) mass is 434 g/mol. The van der Waals surface area contributed by atoms with E-state index in [9.17, 15) is 22.5 Å². The molecule has 0 spiro atoms. The first-order valence-electron chi connectivity index (χ1n) is 8.67. The van der Waals surface area contributed by atoms with Crippen molar-refractivity contribution in [2.75, 3.05) is 5.32 Å². The zero-order valence-corrected chi connectivity index (χ0v) is 16.5. The number of ether oxygens (including phenoxy) is 1. The van der Waals surface area contributed by atoms with Crippen molar-refractivity contribution in [1.29, 1.82) is 0 Å². The van der Waals surface area contributed by atoms with Crippen LogP contribution in [0.4, 0.5) is 18.9 Å². The minimum Gasteiger partial charge on any atom is -0.593 e. The van der Waals surface area contributed by atoms with E-state index in [0.29, 0.717) is 11.3 Å². The number of carbonyl (C=O) groups is 1. The number of benzene rings is 3. The summed E-state index contributed by atoms with van der Waals surface area (Å²) in [7, 11) is 0. The zero-order valence-electron chi connectivity index (χ0n) is 15.7. The fourth-order valence-electron chi connectivity index (χ4n) is 2.66. The Hall–Kier alpha value is -3.01. The first kappa shape index (κ1) is 21.7.